The van der Waals surface area contributed by atoms with Gasteiger partial charge in [-0.15, -0.1) is 0 Å². The Morgan fingerprint density at radius 1 is 0.472 bits per heavy atom. The predicted octanol–water partition coefficient (Wildman–Crippen LogP) is 8.89. The van der Waals surface area contributed by atoms with E-state index >= 15 is 0 Å². The van der Waals surface area contributed by atoms with Gasteiger partial charge in [0.05, 0.1) is 5.54 Å². The normalized spacial score (nSPS) is 12.3. The molecule has 2 heteroatoms. The third-order valence-electron chi connectivity index (χ3n) is 7.96. The lowest BCUT2D eigenvalue weighted by Crippen LogP contribution is -2.27. The summed E-state index contributed by atoms with van der Waals surface area (Å²) in [4.78, 5) is 0. The van der Waals surface area contributed by atoms with E-state index in [2.05, 4.69) is 145 Å². The molecule has 0 amide bonds. The van der Waals surface area contributed by atoms with Gasteiger partial charge in [0.2, 0.25) is 0 Å². The van der Waals surface area contributed by atoms with Crippen molar-refractivity contribution in [2.75, 3.05) is 0 Å². The second kappa shape index (κ2) is 7.60. The molecule has 7 rings (SSSR count). The van der Waals surface area contributed by atoms with Crippen molar-refractivity contribution in [3.05, 3.63) is 121 Å². The van der Waals surface area contributed by atoms with Gasteiger partial charge in [-0.2, -0.15) is 0 Å². The minimum Gasteiger partial charge on any atom is -0.344 e. The lowest BCUT2D eigenvalue weighted by molar-refractivity contribution is 0.465. The van der Waals surface area contributed by atoms with Crippen LogP contribution >= 0.6 is 0 Å². The summed E-state index contributed by atoms with van der Waals surface area (Å²) in [7, 11) is 2.15. The summed E-state index contributed by atoms with van der Waals surface area (Å²) in [6.45, 7) is 4.63. The third-order valence-corrected chi connectivity index (χ3v) is 7.96. The lowest BCUT2D eigenvalue weighted by atomic mass is 9.93. The van der Waals surface area contributed by atoms with Crippen LogP contribution in [0.3, 0.4) is 0 Å². The van der Waals surface area contributed by atoms with Crippen molar-refractivity contribution in [1.29, 1.82) is 0 Å². The van der Waals surface area contributed by atoms with Gasteiger partial charge < -0.3 is 9.13 Å². The molecular weight excluding hydrogens is 436 g/mol. The van der Waals surface area contributed by atoms with Crippen LogP contribution in [0.2, 0.25) is 0 Å². The highest BCUT2D eigenvalue weighted by Crippen LogP contribution is 2.39. The molecule has 5 aromatic carbocycles. The second-order valence-electron chi connectivity index (χ2n) is 10.3. The first-order chi connectivity index (χ1) is 17.5. The minimum absolute atomic E-state index is 0.188. The average Bonchev–Trinajstić information content (AvgIpc) is 3.41. The van der Waals surface area contributed by atoms with Gasteiger partial charge in [-0.1, -0.05) is 78.9 Å². The van der Waals surface area contributed by atoms with Crippen LogP contribution in [0.25, 0.3) is 54.7 Å². The zero-order chi connectivity index (χ0) is 24.4. The Morgan fingerprint density at radius 3 is 1.64 bits per heavy atom. The van der Waals surface area contributed by atoms with Crippen LogP contribution in [-0.4, -0.2) is 9.13 Å². The Kier molecular flexibility index (Phi) is 4.44. The van der Waals surface area contributed by atoms with Crippen LogP contribution < -0.4 is 0 Å². The molecule has 7 aromatic rings. The molecule has 2 nitrogen and oxygen atoms in total. The van der Waals surface area contributed by atoms with Crippen molar-refractivity contribution in [2.24, 2.45) is 7.05 Å². The zero-order valence-electron chi connectivity index (χ0n) is 20.9. The van der Waals surface area contributed by atoms with Crippen molar-refractivity contribution < 1.29 is 0 Å². The molecule has 0 saturated heterocycles. The number of aryl methyl sites for hydroxylation is 1. The first kappa shape index (κ1) is 21.0. The van der Waals surface area contributed by atoms with Crippen molar-refractivity contribution in [2.45, 2.75) is 19.4 Å². The van der Waals surface area contributed by atoms with Gasteiger partial charge in [0.1, 0.15) is 0 Å². The van der Waals surface area contributed by atoms with Gasteiger partial charge in [0.25, 0.3) is 0 Å². The molecular formula is C34H28N2. The van der Waals surface area contributed by atoms with Crippen LogP contribution in [0.4, 0.5) is 0 Å². The highest BCUT2D eigenvalue weighted by atomic mass is 15.1. The zero-order valence-corrected chi connectivity index (χ0v) is 20.9. The Balaban J connectivity index is 1.47. The first-order valence-electron chi connectivity index (χ1n) is 12.6. The Bertz CT molecular complexity index is 1920. The molecule has 2 aromatic heterocycles. The average molecular weight is 465 g/mol. The topological polar surface area (TPSA) is 9.86 Å². The van der Waals surface area contributed by atoms with E-state index in [1.807, 2.05) is 0 Å². The van der Waals surface area contributed by atoms with E-state index in [4.69, 9.17) is 0 Å². The smallest absolute Gasteiger partial charge is 0.0646 e. The second-order valence-corrected chi connectivity index (χ2v) is 10.3. The number of aromatic nitrogens is 2. The molecule has 174 valence electrons. The van der Waals surface area contributed by atoms with Gasteiger partial charge in [0, 0.05) is 50.7 Å². The number of fused-ring (bicyclic) bond motifs is 6. The summed E-state index contributed by atoms with van der Waals surface area (Å²) < 4.78 is 4.79. The molecule has 0 N–H and O–H groups in total. The van der Waals surface area contributed by atoms with E-state index < -0.39 is 0 Å². The molecule has 0 spiro atoms. The number of hydrogen-bond donors (Lipinski definition) is 0. The molecule has 0 aliphatic heterocycles. The fourth-order valence-corrected chi connectivity index (χ4v) is 6.08. The molecule has 2 heterocycles. The fourth-order valence-electron chi connectivity index (χ4n) is 6.08. The third kappa shape index (κ3) is 2.91. The molecule has 0 bridgehead atoms. The summed E-state index contributed by atoms with van der Waals surface area (Å²) in [5.74, 6) is 0. The van der Waals surface area contributed by atoms with Crippen molar-refractivity contribution >= 4 is 43.6 Å². The molecule has 0 unspecified atom stereocenters. The monoisotopic (exact) mass is 464 g/mol. The van der Waals surface area contributed by atoms with E-state index in [0.29, 0.717) is 0 Å². The number of para-hydroxylation sites is 2. The quantitative estimate of drug-likeness (QED) is 0.247. The van der Waals surface area contributed by atoms with Crippen molar-refractivity contribution in [1.82, 2.24) is 9.13 Å². The van der Waals surface area contributed by atoms with Crippen molar-refractivity contribution in [3.8, 4) is 11.1 Å². The number of nitrogens with zero attached hydrogens (tertiary/aromatic N) is 2. The maximum atomic E-state index is 2.50. The highest BCUT2D eigenvalue weighted by molar-refractivity contribution is 6.11. The molecule has 0 atom stereocenters. The van der Waals surface area contributed by atoms with Gasteiger partial charge in [-0.05, 0) is 66.9 Å². The van der Waals surface area contributed by atoms with Gasteiger partial charge in [0.15, 0.2) is 0 Å². The van der Waals surface area contributed by atoms with Crippen LogP contribution in [0, 0.1) is 0 Å². The van der Waals surface area contributed by atoms with Crippen LogP contribution in [-0.2, 0) is 12.6 Å². The maximum Gasteiger partial charge on any atom is 0.0646 e. The minimum atomic E-state index is -0.188. The van der Waals surface area contributed by atoms with Gasteiger partial charge in [-0.3, -0.25) is 0 Å². The Labute approximate surface area is 211 Å². The van der Waals surface area contributed by atoms with E-state index in [1.54, 1.807) is 0 Å². The molecule has 0 aliphatic carbocycles. The van der Waals surface area contributed by atoms with Gasteiger partial charge in [-0.25, -0.2) is 0 Å². The Hall–Kier alpha value is -4.30. The molecule has 0 radical (unpaired) electrons. The standard InChI is InChI=1S/C34H28N2/c1-34(2,25-11-5-4-6-12-25)36-32-16-10-8-14-27(32)29-22-24(18-20-33(29)36)23-17-19-31-28(21-23)26-13-7-9-15-30(26)35(31)3/h4-22H,1-3H3. The van der Waals surface area contributed by atoms with E-state index in [9.17, 15) is 0 Å². The summed E-state index contributed by atoms with van der Waals surface area (Å²) >= 11 is 0. The molecule has 0 fully saturated rings. The molecule has 0 aliphatic rings. The number of rotatable bonds is 3. The molecule has 36 heavy (non-hydrogen) atoms. The Morgan fingerprint density at radius 2 is 0.944 bits per heavy atom. The highest BCUT2D eigenvalue weighted by Gasteiger charge is 2.27. The number of benzene rings is 5. The van der Waals surface area contributed by atoms with E-state index in [-0.39, 0.29) is 5.54 Å². The lowest BCUT2D eigenvalue weighted by Gasteiger charge is -2.30. The fraction of sp³-hybridized carbons (Fsp3) is 0.118. The SMILES string of the molecule is Cn1c2ccccc2c2cc(-c3ccc4c(c3)c3ccccc3n4C(C)(C)c3ccccc3)ccc21. The van der Waals surface area contributed by atoms with E-state index in [1.165, 1.54) is 60.3 Å². The first-order valence-corrected chi connectivity index (χ1v) is 12.6. The van der Waals surface area contributed by atoms with Crippen LogP contribution in [0.15, 0.2) is 115 Å². The summed E-state index contributed by atoms with van der Waals surface area (Å²) in [6, 6.07) is 42.1. The summed E-state index contributed by atoms with van der Waals surface area (Å²) in [5.41, 5.74) is 8.68. The van der Waals surface area contributed by atoms with Gasteiger partial charge >= 0.3 is 0 Å². The number of hydrogen-bond acceptors (Lipinski definition) is 0. The van der Waals surface area contributed by atoms with Crippen LogP contribution in [0.5, 0.6) is 0 Å². The van der Waals surface area contributed by atoms with Crippen LogP contribution in [0.1, 0.15) is 19.4 Å². The van der Waals surface area contributed by atoms with Crippen molar-refractivity contribution in [3.63, 3.8) is 0 Å². The predicted molar refractivity (Wildman–Crippen MR) is 154 cm³/mol. The summed E-state index contributed by atoms with van der Waals surface area (Å²) in [6.07, 6.45) is 0. The maximum absolute atomic E-state index is 2.50. The summed E-state index contributed by atoms with van der Waals surface area (Å²) in [5, 5.41) is 5.20. The van der Waals surface area contributed by atoms with E-state index in [0.717, 1.165) is 0 Å². The largest absolute Gasteiger partial charge is 0.344 e. The molecule has 0 saturated carbocycles.